The highest BCUT2D eigenvalue weighted by atomic mass is 19.4. The number of amides is 1. The number of alkyl halides is 3. The van der Waals surface area contributed by atoms with Crippen molar-refractivity contribution in [3.8, 4) is 0 Å². The van der Waals surface area contributed by atoms with Crippen molar-refractivity contribution in [3.05, 3.63) is 0 Å². The average molecular weight is 242 g/mol. The predicted octanol–water partition coefficient (Wildman–Crippen LogP) is -0.230. The van der Waals surface area contributed by atoms with Crippen molar-refractivity contribution >= 4 is 11.9 Å². The van der Waals surface area contributed by atoms with Crippen LogP contribution in [0.4, 0.5) is 13.2 Å². The number of hydrogen-bond acceptors (Lipinski definition) is 4. The van der Waals surface area contributed by atoms with Gasteiger partial charge in [-0.15, -0.1) is 0 Å². The van der Waals surface area contributed by atoms with Crippen molar-refractivity contribution in [1.82, 2.24) is 10.2 Å². The van der Waals surface area contributed by atoms with Crippen molar-refractivity contribution in [2.45, 2.75) is 6.18 Å². The largest absolute Gasteiger partial charge is 0.468 e. The first-order chi connectivity index (χ1) is 7.24. The minimum absolute atomic E-state index is 0.157. The first kappa shape index (κ1) is 14.7. The first-order valence-corrected chi connectivity index (χ1v) is 4.33. The normalized spacial score (nSPS) is 11.4. The number of halogens is 3. The summed E-state index contributed by atoms with van der Waals surface area (Å²) in [5.74, 6) is -1.37. The van der Waals surface area contributed by atoms with Crippen LogP contribution in [0.25, 0.3) is 0 Å². The number of nitrogens with zero attached hydrogens (tertiary/aromatic N) is 1. The fraction of sp³-hybridized carbons (Fsp3) is 0.750. The number of rotatable bonds is 5. The number of ether oxygens (including phenoxy) is 1. The minimum atomic E-state index is -4.43. The maximum absolute atomic E-state index is 11.7. The van der Waals surface area contributed by atoms with Crippen LogP contribution >= 0.6 is 0 Å². The molecule has 5 nitrogen and oxygen atoms in total. The van der Waals surface area contributed by atoms with Gasteiger partial charge in [-0.05, 0) is 7.05 Å². The molecule has 0 rings (SSSR count). The second-order valence-corrected chi connectivity index (χ2v) is 3.14. The molecule has 0 unspecified atom stereocenters. The Morgan fingerprint density at radius 2 is 1.88 bits per heavy atom. The number of methoxy groups -OCH3 is 1. The Kier molecular flexibility index (Phi) is 5.79. The van der Waals surface area contributed by atoms with Crippen molar-refractivity contribution < 1.29 is 27.5 Å². The smallest absolute Gasteiger partial charge is 0.405 e. The second-order valence-electron chi connectivity index (χ2n) is 3.14. The molecule has 0 bridgehead atoms. The van der Waals surface area contributed by atoms with Gasteiger partial charge in [0.25, 0.3) is 0 Å². The zero-order valence-corrected chi connectivity index (χ0v) is 8.93. The number of hydrogen-bond donors (Lipinski definition) is 1. The molecule has 0 saturated heterocycles. The van der Waals surface area contributed by atoms with E-state index in [0.29, 0.717) is 0 Å². The van der Waals surface area contributed by atoms with Crippen LogP contribution in [0.15, 0.2) is 0 Å². The highest BCUT2D eigenvalue weighted by Crippen LogP contribution is 2.11. The summed E-state index contributed by atoms with van der Waals surface area (Å²) in [6.45, 7) is -1.83. The van der Waals surface area contributed by atoms with E-state index in [0.717, 1.165) is 0 Å². The Labute approximate surface area is 90.5 Å². The van der Waals surface area contributed by atoms with Gasteiger partial charge < -0.3 is 10.1 Å². The standard InChI is InChI=1S/C8H13F3N2O3/c1-13(4-7(15)16-2)3-6(14)12-5-8(9,10)11/h3-5H2,1-2H3,(H,12,14). The molecule has 0 heterocycles. The van der Waals surface area contributed by atoms with Crippen LogP contribution in [0.3, 0.4) is 0 Å². The lowest BCUT2D eigenvalue weighted by Gasteiger charge is -2.15. The van der Waals surface area contributed by atoms with Gasteiger partial charge in [-0.2, -0.15) is 13.2 Å². The molecule has 0 aliphatic rings. The summed E-state index contributed by atoms with van der Waals surface area (Å²) in [5, 5.41) is 1.69. The van der Waals surface area contributed by atoms with E-state index in [4.69, 9.17) is 0 Å². The number of carbonyl (C=O) groups excluding carboxylic acids is 2. The molecular formula is C8H13F3N2O3. The molecule has 16 heavy (non-hydrogen) atoms. The van der Waals surface area contributed by atoms with Crippen LogP contribution in [-0.4, -0.2) is 56.7 Å². The van der Waals surface area contributed by atoms with Gasteiger partial charge >= 0.3 is 12.1 Å². The van der Waals surface area contributed by atoms with E-state index in [1.165, 1.54) is 19.1 Å². The molecule has 0 fully saturated rings. The van der Waals surface area contributed by atoms with E-state index in [1.807, 2.05) is 0 Å². The lowest BCUT2D eigenvalue weighted by molar-refractivity contribution is -0.143. The first-order valence-electron chi connectivity index (χ1n) is 4.33. The topological polar surface area (TPSA) is 58.6 Å². The summed E-state index contributed by atoms with van der Waals surface area (Å²) in [4.78, 5) is 23.0. The molecule has 0 aromatic rings. The van der Waals surface area contributed by atoms with Gasteiger partial charge in [0.05, 0.1) is 20.2 Å². The molecule has 0 aliphatic carbocycles. The van der Waals surface area contributed by atoms with Crippen LogP contribution in [0, 0.1) is 0 Å². The molecule has 0 saturated carbocycles. The van der Waals surface area contributed by atoms with Crippen LogP contribution in [0.1, 0.15) is 0 Å². The zero-order chi connectivity index (χ0) is 12.8. The highest BCUT2D eigenvalue weighted by molar-refractivity contribution is 5.79. The van der Waals surface area contributed by atoms with E-state index >= 15 is 0 Å². The summed E-state index contributed by atoms with van der Waals surface area (Å²) in [6.07, 6.45) is -4.43. The third-order valence-electron chi connectivity index (χ3n) is 1.53. The second kappa shape index (κ2) is 6.31. The number of esters is 1. The quantitative estimate of drug-likeness (QED) is 0.676. The van der Waals surface area contributed by atoms with Crippen LogP contribution in [0.2, 0.25) is 0 Å². The molecule has 0 aromatic carbocycles. The Morgan fingerprint density at radius 3 is 2.31 bits per heavy atom. The van der Waals surface area contributed by atoms with Gasteiger partial charge in [-0.25, -0.2) is 0 Å². The molecule has 0 aliphatic heterocycles. The van der Waals surface area contributed by atoms with Gasteiger partial charge in [0.2, 0.25) is 5.91 Å². The van der Waals surface area contributed by atoms with Gasteiger partial charge in [0.1, 0.15) is 6.54 Å². The highest BCUT2D eigenvalue weighted by Gasteiger charge is 2.27. The minimum Gasteiger partial charge on any atom is -0.468 e. The molecule has 94 valence electrons. The Hall–Kier alpha value is -1.31. The van der Waals surface area contributed by atoms with Gasteiger partial charge in [0, 0.05) is 0 Å². The van der Waals surface area contributed by atoms with Crippen LogP contribution in [0.5, 0.6) is 0 Å². The summed E-state index contributed by atoms with van der Waals surface area (Å²) in [5.41, 5.74) is 0. The van der Waals surface area contributed by atoms with Gasteiger partial charge in [-0.3, -0.25) is 14.5 Å². The lowest BCUT2D eigenvalue weighted by atomic mass is 10.4. The fourth-order valence-corrected chi connectivity index (χ4v) is 0.841. The van der Waals surface area contributed by atoms with E-state index in [1.54, 1.807) is 5.32 Å². The SMILES string of the molecule is COC(=O)CN(C)CC(=O)NCC(F)(F)F. The summed E-state index contributed by atoms with van der Waals surface area (Å²) in [7, 11) is 2.60. The van der Waals surface area contributed by atoms with Gasteiger partial charge in [0.15, 0.2) is 0 Å². The predicted molar refractivity (Wildman–Crippen MR) is 48.6 cm³/mol. The molecule has 0 radical (unpaired) electrons. The molecule has 1 N–H and O–H groups in total. The number of carbonyl (C=O) groups is 2. The molecule has 0 atom stereocenters. The Morgan fingerprint density at radius 1 is 1.31 bits per heavy atom. The van der Waals surface area contributed by atoms with Crippen LogP contribution in [-0.2, 0) is 14.3 Å². The third kappa shape index (κ3) is 8.04. The van der Waals surface area contributed by atoms with E-state index < -0.39 is 24.6 Å². The molecule has 8 heteroatoms. The molecule has 1 amide bonds. The number of likely N-dealkylation sites (N-methyl/N-ethyl adjacent to an activating group) is 1. The maximum Gasteiger partial charge on any atom is 0.405 e. The Bertz CT molecular complexity index is 255. The van der Waals surface area contributed by atoms with Crippen LogP contribution < -0.4 is 5.32 Å². The zero-order valence-electron chi connectivity index (χ0n) is 8.93. The van der Waals surface area contributed by atoms with E-state index in [9.17, 15) is 22.8 Å². The monoisotopic (exact) mass is 242 g/mol. The maximum atomic E-state index is 11.7. The third-order valence-corrected chi connectivity index (χ3v) is 1.53. The van der Waals surface area contributed by atoms with Crippen molar-refractivity contribution in [3.63, 3.8) is 0 Å². The van der Waals surface area contributed by atoms with Crippen molar-refractivity contribution in [2.24, 2.45) is 0 Å². The van der Waals surface area contributed by atoms with Crippen molar-refractivity contribution in [2.75, 3.05) is 33.8 Å². The molecule has 0 aromatic heterocycles. The number of nitrogens with one attached hydrogen (secondary N) is 1. The lowest BCUT2D eigenvalue weighted by Crippen LogP contribution is -2.41. The Balaban J connectivity index is 3.83. The summed E-state index contributed by atoms with van der Waals surface area (Å²) < 4.78 is 39.5. The van der Waals surface area contributed by atoms with Crippen molar-refractivity contribution in [1.29, 1.82) is 0 Å². The summed E-state index contributed by atoms with van der Waals surface area (Å²) in [6, 6.07) is 0. The van der Waals surface area contributed by atoms with Gasteiger partial charge in [-0.1, -0.05) is 0 Å². The molecule has 0 spiro atoms. The fourth-order valence-electron chi connectivity index (χ4n) is 0.841. The molecular weight excluding hydrogens is 229 g/mol. The van der Waals surface area contributed by atoms with E-state index in [-0.39, 0.29) is 13.1 Å². The average Bonchev–Trinajstić information content (AvgIpc) is 2.13. The van der Waals surface area contributed by atoms with E-state index in [2.05, 4.69) is 4.74 Å². The summed E-state index contributed by atoms with van der Waals surface area (Å²) >= 11 is 0.